The first-order chi connectivity index (χ1) is 11.5. The van der Waals surface area contributed by atoms with E-state index in [-0.39, 0.29) is 35.6 Å². The second kappa shape index (κ2) is 7.03. The molecule has 0 radical (unpaired) electrons. The van der Waals surface area contributed by atoms with Crippen molar-refractivity contribution in [2.24, 2.45) is 17.3 Å². The summed E-state index contributed by atoms with van der Waals surface area (Å²) < 4.78 is 0. The van der Waals surface area contributed by atoms with Gasteiger partial charge in [0.2, 0.25) is 11.8 Å². The Balaban J connectivity index is 1.93. The molecule has 1 saturated carbocycles. The van der Waals surface area contributed by atoms with Crippen molar-refractivity contribution in [2.45, 2.75) is 48.5 Å². The van der Waals surface area contributed by atoms with E-state index >= 15 is 0 Å². The molecule has 0 aliphatic heterocycles. The van der Waals surface area contributed by atoms with Gasteiger partial charge in [-0.3, -0.25) is 9.59 Å². The largest absolute Gasteiger partial charge is 0.347 e. The molecule has 0 heterocycles. The van der Waals surface area contributed by atoms with Crippen molar-refractivity contribution in [2.75, 3.05) is 11.9 Å². The summed E-state index contributed by atoms with van der Waals surface area (Å²) >= 11 is 0. The molecule has 25 heavy (non-hydrogen) atoms. The minimum Gasteiger partial charge on any atom is -0.347 e. The fourth-order valence-electron chi connectivity index (χ4n) is 3.69. The smallest absolute Gasteiger partial charge is 0.243 e. The molecule has 1 aliphatic carbocycles. The molecule has 4 heteroatoms. The van der Waals surface area contributed by atoms with E-state index in [1.165, 1.54) is 11.1 Å². The van der Waals surface area contributed by atoms with Crippen molar-refractivity contribution in [3.63, 3.8) is 0 Å². The Morgan fingerprint density at radius 3 is 2.20 bits per heavy atom. The minimum atomic E-state index is -0.194. The first-order valence-corrected chi connectivity index (χ1v) is 8.84. The maximum absolute atomic E-state index is 12.4. The number of hydrogen-bond donors (Lipinski definition) is 2. The van der Waals surface area contributed by atoms with Gasteiger partial charge in [-0.15, -0.1) is 0 Å². The average Bonchev–Trinajstić information content (AvgIpc) is 3.00. The number of carbonyl (C=O) groups is 2. The van der Waals surface area contributed by atoms with Gasteiger partial charge in [-0.1, -0.05) is 43.2 Å². The van der Waals surface area contributed by atoms with Gasteiger partial charge < -0.3 is 10.6 Å². The van der Waals surface area contributed by atoms with Crippen LogP contribution < -0.4 is 10.6 Å². The number of hydrogen-bond acceptors (Lipinski definition) is 2. The first-order valence-electron chi connectivity index (χ1n) is 8.84. The third-order valence-corrected chi connectivity index (χ3v) is 5.07. The van der Waals surface area contributed by atoms with Gasteiger partial charge in [0.1, 0.15) is 0 Å². The molecule has 2 unspecified atom stereocenters. The summed E-state index contributed by atoms with van der Waals surface area (Å²) in [6.07, 6.45) is 2.16. The molecule has 0 bridgehead atoms. The highest BCUT2D eigenvalue weighted by Crippen LogP contribution is 2.59. The number of carbonyl (C=O) groups excluding carboxylic acids is 2. The Labute approximate surface area is 151 Å². The maximum Gasteiger partial charge on any atom is 0.243 e. The third-order valence-electron chi connectivity index (χ3n) is 5.07. The molecule has 2 amide bonds. The molecule has 2 N–H and O–H groups in total. The number of rotatable bonds is 5. The molecule has 1 aliphatic rings. The van der Waals surface area contributed by atoms with Gasteiger partial charge in [0.05, 0.1) is 12.5 Å². The number of anilines is 1. The van der Waals surface area contributed by atoms with Gasteiger partial charge in [-0.25, -0.2) is 0 Å². The normalized spacial score (nSPS) is 20.6. The molecule has 1 fully saturated rings. The van der Waals surface area contributed by atoms with E-state index in [1.54, 1.807) is 0 Å². The van der Waals surface area contributed by atoms with Crippen molar-refractivity contribution in [1.29, 1.82) is 0 Å². The summed E-state index contributed by atoms with van der Waals surface area (Å²) in [6, 6.07) is 4.08. The molecular formula is C21H30N2O2. The predicted octanol–water partition coefficient (Wildman–Crippen LogP) is 3.90. The van der Waals surface area contributed by atoms with E-state index in [1.807, 2.05) is 46.8 Å². The van der Waals surface area contributed by atoms with Crippen LogP contribution in [0.15, 0.2) is 23.8 Å². The summed E-state index contributed by atoms with van der Waals surface area (Å²) in [7, 11) is 0. The molecule has 4 nitrogen and oxygen atoms in total. The Kier molecular flexibility index (Phi) is 5.40. The molecule has 0 spiro atoms. The van der Waals surface area contributed by atoms with Crippen LogP contribution >= 0.6 is 0 Å². The molecule has 136 valence electrons. The van der Waals surface area contributed by atoms with Crippen LogP contribution in [0.2, 0.25) is 0 Å². The Bertz CT molecular complexity index is 704. The second-order valence-electron chi connectivity index (χ2n) is 8.11. The summed E-state index contributed by atoms with van der Waals surface area (Å²) in [5.74, 6) is -0.0409. The summed E-state index contributed by atoms with van der Waals surface area (Å²) in [6.45, 7) is 14.3. The lowest BCUT2D eigenvalue weighted by molar-refractivity contribution is -0.125. The highest BCUT2D eigenvalue weighted by molar-refractivity contribution is 5.96. The second-order valence-corrected chi connectivity index (χ2v) is 8.11. The van der Waals surface area contributed by atoms with Gasteiger partial charge in [-0.05, 0) is 57.1 Å². The molecule has 2 atom stereocenters. The van der Waals surface area contributed by atoms with E-state index in [4.69, 9.17) is 0 Å². The van der Waals surface area contributed by atoms with Crippen LogP contribution in [-0.2, 0) is 9.59 Å². The highest BCUT2D eigenvalue weighted by atomic mass is 16.2. The SMILES string of the molecule is CC(C)=CC1C(C(=O)NCC(=O)Nc2c(C)cc(C)cc2C)C1(C)C. The van der Waals surface area contributed by atoms with Gasteiger partial charge >= 0.3 is 0 Å². The van der Waals surface area contributed by atoms with Gasteiger partial charge in [0, 0.05) is 5.69 Å². The summed E-state index contributed by atoms with van der Waals surface area (Å²) in [4.78, 5) is 24.7. The minimum absolute atomic E-state index is 0.000287. The molecule has 0 aromatic heterocycles. The third kappa shape index (κ3) is 4.30. The zero-order valence-corrected chi connectivity index (χ0v) is 16.4. The molecule has 1 aromatic carbocycles. The quantitative estimate of drug-likeness (QED) is 0.797. The van der Waals surface area contributed by atoms with Gasteiger partial charge in [-0.2, -0.15) is 0 Å². The zero-order chi connectivity index (χ0) is 18.9. The highest BCUT2D eigenvalue weighted by Gasteiger charge is 2.60. The van der Waals surface area contributed by atoms with Crippen LogP contribution in [0.25, 0.3) is 0 Å². The van der Waals surface area contributed by atoms with Crippen LogP contribution in [0.1, 0.15) is 44.4 Å². The van der Waals surface area contributed by atoms with E-state index in [2.05, 4.69) is 30.6 Å². The van der Waals surface area contributed by atoms with Crippen molar-refractivity contribution >= 4 is 17.5 Å². The lowest BCUT2D eigenvalue weighted by Crippen LogP contribution is -2.35. The van der Waals surface area contributed by atoms with Crippen molar-refractivity contribution < 1.29 is 9.59 Å². The van der Waals surface area contributed by atoms with E-state index in [9.17, 15) is 9.59 Å². The zero-order valence-electron chi connectivity index (χ0n) is 16.4. The van der Waals surface area contributed by atoms with E-state index in [0.29, 0.717) is 0 Å². The van der Waals surface area contributed by atoms with E-state index in [0.717, 1.165) is 16.8 Å². The van der Waals surface area contributed by atoms with Crippen molar-refractivity contribution in [1.82, 2.24) is 5.32 Å². The molecule has 2 rings (SSSR count). The Morgan fingerprint density at radius 2 is 1.68 bits per heavy atom. The lowest BCUT2D eigenvalue weighted by atomic mass is 10.1. The fourth-order valence-corrected chi connectivity index (χ4v) is 3.69. The summed E-state index contributed by atoms with van der Waals surface area (Å²) in [5, 5.41) is 5.71. The van der Waals surface area contributed by atoms with Crippen LogP contribution in [-0.4, -0.2) is 18.4 Å². The van der Waals surface area contributed by atoms with E-state index < -0.39 is 0 Å². The first kappa shape index (κ1) is 19.2. The Hall–Kier alpha value is -2.10. The Morgan fingerprint density at radius 1 is 1.12 bits per heavy atom. The number of benzene rings is 1. The maximum atomic E-state index is 12.4. The van der Waals surface area contributed by atoms with Crippen LogP contribution in [0.5, 0.6) is 0 Å². The lowest BCUT2D eigenvalue weighted by Gasteiger charge is -2.13. The predicted molar refractivity (Wildman–Crippen MR) is 102 cm³/mol. The summed E-state index contributed by atoms with van der Waals surface area (Å²) in [5.41, 5.74) is 5.24. The standard InChI is InChI=1S/C21H30N2O2/c1-12(2)8-16-18(21(16,6)7)20(25)22-11-17(24)23-19-14(4)9-13(3)10-15(19)5/h8-10,16,18H,11H2,1-7H3,(H,22,25)(H,23,24). The topological polar surface area (TPSA) is 58.2 Å². The van der Waals surface area contributed by atoms with Crippen LogP contribution in [0, 0.1) is 38.0 Å². The van der Waals surface area contributed by atoms with Crippen LogP contribution in [0.4, 0.5) is 5.69 Å². The molecule has 0 saturated heterocycles. The number of allylic oxidation sites excluding steroid dienone is 2. The van der Waals surface area contributed by atoms with Gasteiger partial charge in [0.25, 0.3) is 0 Å². The van der Waals surface area contributed by atoms with Crippen molar-refractivity contribution in [3.8, 4) is 0 Å². The molecule has 1 aromatic rings. The van der Waals surface area contributed by atoms with Crippen LogP contribution in [0.3, 0.4) is 0 Å². The number of nitrogens with one attached hydrogen (secondary N) is 2. The number of aryl methyl sites for hydroxylation is 3. The monoisotopic (exact) mass is 342 g/mol. The number of amides is 2. The van der Waals surface area contributed by atoms with Gasteiger partial charge in [0.15, 0.2) is 0 Å². The molecular weight excluding hydrogens is 312 g/mol. The van der Waals surface area contributed by atoms with Crippen molar-refractivity contribution in [3.05, 3.63) is 40.5 Å². The average molecular weight is 342 g/mol. The fraction of sp³-hybridized carbons (Fsp3) is 0.524.